The van der Waals surface area contributed by atoms with Crippen molar-refractivity contribution in [3.8, 4) is 0 Å². The number of amides is 3. The molecular weight excluding hydrogens is 344 g/mol. The lowest BCUT2D eigenvalue weighted by Gasteiger charge is -2.20. The summed E-state index contributed by atoms with van der Waals surface area (Å²) in [5.41, 5.74) is 0.803. The minimum absolute atomic E-state index is 0.0687. The lowest BCUT2D eigenvalue weighted by Crippen LogP contribution is -2.45. The maximum Gasteiger partial charge on any atom is 0.319 e. The Morgan fingerprint density at radius 1 is 1.32 bits per heavy atom. The second-order valence-electron chi connectivity index (χ2n) is 6.30. The molecule has 25 heavy (non-hydrogen) atoms. The SMILES string of the molecule is CNC(=O)c1ccc(Cl)c(NC(=O)N[C@@H]2CN(C(C)C)C[C@H]2OC)c1. The first-order valence-electron chi connectivity index (χ1n) is 8.21. The van der Waals surface area contributed by atoms with Crippen LogP contribution in [0.2, 0.25) is 5.02 Å². The van der Waals surface area contributed by atoms with Gasteiger partial charge in [-0.15, -0.1) is 0 Å². The monoisotopic (exact) mass is 368 g/mol. The molecule has 1 aliphatic rings. The highest BCUT2D eigenvalue weighted by Gasteiger charge is 2.35. The molecule has 0 radical (unpaired) electrons. The number of urea groups is 1. The smallest absolute Gasteiger partial charge is 0.319 e. The highest BCUT2D eigenvalue weighted by Crippen LogP contribution is 2.23. The standard InChI is InChI=1S/C17H25ClN4O3/c1-10(2)22-8-14(15(9-22)25-4)21-17(24)20-13-7-11(16(23)19-3)5-6-12(13)18/h5-7,10,14-15H,8-9H2,1-4H3,(H,19,23)(H2,20,21,24)/t14-,15-/m1/s1. The summed E-state index contributed by atoms with van der Waals surface area (Å²) in [6.45, 7) is 5.71. The van der Waals surface area contributed by atoms with Gasteiger partial charge in [0.1, 0.15) is 0 Å². The van der Waals surface area contributed by atoms with Crippen LogP contribution in [-0.4, -0.2) is 62.3 Å². The van der Waals surface area contributed by atoms with E-state index in [0.29, 0.717) is 22.3 Å². The van der Waals surface area contributed by atoms with E-state index in [1.807, 2.05) is 0 Å². The van der Waals surface area contributed by atoms with Crippen LogP contribution in [0, 0.1) is 0 Å². The van der Waals surface area contributed by atoms with E-state index < -0.39 is 0 Å². The topological polar surface area (TPSA) is 82.7 Å². The van der Waals surface area contributed by atoms with E-state index in [9.17, 15) is 9.59 Å². The average molecular weight is 369 g/mol. The number of nitrogens with one attached hydrogen (secondary N) is 3. The Morgan fingerprint density at radius 3 is 2.64 bits per heavy atom. The van der Waals surface area contributed by atoms with Gasteiger partial charge in [-0.1, -0.05) is 11.6 Å². The molecule has 1 aliphatic heterocycles. The van der Waals surface area contributed by atoms with Gasteiger partial charge in [0.2, 0.25) is 0 Å². The van der Waals surface area contributed by atoms with Gasteiger partial charge in [0, 0.05) is 38.9 Å². The van der Waals surface area contributed by atoms with Crippen molar-refractivity contribution in [3.05, 3.63) is 28.8 Å². The van der Waals surface area contributed by atoms with E-state index in [1.165, 1.54) is 0 Å². The number of rotatable bonds is 5. The highest BCUT2D eigenvalue weighted by atomic mass is 35.5. The van der Waals surface area contributed by atoms with Gasteiger partial charge in [0.25, 0.3) is 5.91 Å². The second-order valence-corrected chi connectivity index (χ2v) is 6.71. The molecule has 0 unspecified atom stereocenters. The third-order valence-electron chi connectivity index (χ3n) is 4.35. The molecule has 3 amide bonds. The zero-order chi connectivity index (χ0) is 18.6. The molecule has 2 rings (SSSR count). The number of halogens is 1. The molecular formula is C17H25ClN4O3. The average Bonchev–Trinajstić information content (AvgIpc) is 2.99. The molecule has 0 spiro atoms. The summed E-state index contributed by atoms with van der Waals surface area (Å²) in [6, 6.07) is 4.61. The van der Waals surface area contributed by atoms with E-state index in [-0.39, 0.29) is 24.1 Å². The Kier molecular flexibility index (Phi) is 6.64. The minimum Gasteiger partial charge on any atom is -0.378 e. The van der Waals surface area contributed by atoms with E-state index in [2.05, 4.69) is 34.7 Å². The minimum atomic E-state index is -0.381. The van der Waals surface area contributed by atoms with Crippen LogP contribution in [0.25, 0.3) is 0 Å². The second kappa shape index (κ2) is 8.51. The fourth-order valence-electron chi connectivity index (χ4n) is 2.84. The van der Waals surface area contributed by atoms with Gasteiger partial charge in [0.05, 0.1) is 22.9 Å². The normalized spacial score (nSPS) is 20.6. The zero-order valence-electron chi connectivity index (χ0n) is 14.9. The molecule has 1 aromatic carbocycles. The van der Waals surface area contributed by atoms with E-state index in [4.69, 9.17) is 16.3 Å². The Labute approximate surface area is 153 Å². The van der Waals surface area contributed by atoms with Crippen molar-refractivity contribution in [2.24, 2.45) is 0 Å². The molecule has 0 bridgehead atoms. The molecule has 0 aromatic heterocycles. The summed E-state index contributed by atoms with van der Waals surface area (Å²) in [7, 11) is 3.19. The van der Waals surface area contributed by atoms with Crippen molar-refractivity contribution < 1.29 is 14.3 Å². The van der Waals surface area contributed by atoms with Crippen LogP contribution in [0.1, 0.15) is 24.2 Å². The number of anilines is 1. The molecule has 7 nitrogen and oxygen atoms in total. The van der Waals surface area contributed by atoms with Crippen LogP contribution in [0.15, 0.2) is 18.2 Å². The first kappa shape index (κ1) is 19.5. The molecule has 2 atom stereocenters. The van der Waals surface area contributed by atoms with Crippen LogP contribution < -0.4 is 16.0 Å². The largest absolute Gasteiger partial charge is 0.378 e. The van der Waals surface area contributed by atoms with Crippen LogP contribution >= 0.6 is 11.6 Å². The van der Waals surface area contributed by atoms with Crippen LogP contribution in [-0.2, 0) is 4.74 Å². The van der Waals surface area contributed by atoms with Gasteiger partial charge in [-0.05, 0) is 32.0 Å². The lowest BCUT2D eigenvalue weighted by molar-refractivity contribution is 0.0896. The van der Waals surface area contributed by atoms with Crippen molar-refractivity contribution in [3.63, 3.8) is 0 Å². The molecule has 3 N–H and O–H groups in total. The summed E-state index contributed by atoms with van der Waals surface area (Å²) >= 11 is 6.12. The number of nitrogens with zero attached hydrogens (tertiary/aromatic N) is 1. The molecule has 8 heteroatoms. The van der Waals surface area contributed by atoms with E-state index in [1.54, 1.807) is 32.4 Å². The first-order chi connectivity index (χ1) is 11.8. The van der Waals surface area contributed by atoms with Gasteiger partial charge in [-0.2, -0.15) is 0 Å². The molecule has 1 fully saturated rings. The van der Waals surface area contributed by atoms with Gasteiger partial charge < -0.3 is 20.7 Å². The van der Waals surface area contributed by atoms with E-state index >= 15 is 0 Å². The Bertz CT molecular complexity index is 638. The lowest BCUT2D eigenvalue weighted by atomic mass is 10.2. The third-order valence-corrected chi connectivity index (χ3v) is 4.68. The van der Waals surface area contributed by atoms with Crippen LogP contribution in [0.4, 0.5) is 10.5 Å². The summed E-state index contributed by atoms with van der Waals surface area (Å²) in [5, 5.41) is 8.54. The quantitative estimate of drug-likeness (QED) is 0.741. The number of carbonyl (C=O) groups is 2. The van der Waals surface area contributed by atoms with Gasteiger partial charge >= 0.3 is 6.03 Å². The maximum absolute atomic E-state index is 12.4. The Hall–Kier alpha value is -1.83. The van der Waals surface area contributed by atoms with Crippen molar-refractivity contribution in [1.82, 2.24) is 15.5 Å². The van der Waals surface area contributed by atoms with Gasteiger partial charge in [-0.25, -0.2) is 4.79 Å². The number of likely N-dealkylation sites (tertiary alicyclic amines) is 1. The predicted molar refractivity (Wildman–Crippen MR) is 98.3 cm³/mol. The number of ether oxygens (including phenoxy) is 1. The molecule has 1 aromatic rings. The van der Waals surface area contributed by atoms with Crippen molar-refractivity contribution in [2.75, 3.05) is 32.6 Å². The highest BCUT2D eigenvalue weighted by molar-refractivity contribution is 6.33. The third kappa shape index (κ3) is 4.84. The van der Waals surface area contributed by atoms with Crippen LogP contribution in [0.5, 0.6) is 0 Å². The number of benzene rings is 1. The first-order valence-corrected chi connectivity index (χ1v) is 8.59. The molecule has 1 heterocycles. The summed E-state index contributed by atoms with van der Waals surface area (Å²) < 4.78 is 5.48. The number of carbonyl (C=O) groups excluding carboxylic acids is 2. The summed E-state index contributed by atoms with van der Waals surface area (Å²) in [4.78, 5) is 26.3. The predicted octanol–water partition coefficient (Wildman–Crippen LogP) is 1.93. The fourth-order valence-corrected chi connectivity index (χ4v) is 3.00. The van der Waals surface area contributed by atoms with E-state index in [0.717, 1.165) is 13.1 Å². The zero-order valence-corrected chi connectivity index (χ0v) is 15.7. The van der Waals surface area contributed by atoms with Crippen molar-refractivity contribution >= 4 is 29.2 Å². The molecule has 0 saturated carbocycles. The van der Waals surface area contributed by atoms with Crippen molar-refractivity contribution in [1.29, 1.82) is 0 Å². The molecule has 138 valence electrons. The number of hydrogen-bond donors (Lipinski definition) is 3. The molecule has 1 saturated heterocycles. The van der Waals surface area contributed by atoms with Crippen molar-refractivity contribution in [2.45, 2.75) is 32.0 Å². The van der Waals surface area contributed by atoms with Crippen LogP contribution in [0.3, 0.4) is 0 Å². The summed E-state index contributed by atoms with van der Waals surface area (Å²) in [6.07, 6.45) is -0.0687. The molecule has 0 aliphatic carbocycles. The fraction of sp³-hybridized carbons (Fsp3) is 0.529. The van der Waals surface area contributed by atoms with Gasteiger partial charge in [0.15, 0.2) is 0 Å². The Balaban J connectivity index is 2.04. The number of methoxy groups -OCH3 is 1. The number of hydrogen-bond acceptors (Lipinski definition) is 4. The maximum atomic E-state index is 12.4. The van der Waals surface area contributed by atoms with Gasteiger partial charge in [-0.3, -0.25) is 9.69 Å². The Morgan fingerprint density at radius 2 is 2.04 bits per heavy atom. The summed E-state index contributed by atoms with van der Waals surface area (Å²) in [5.74, 6) is -0.247.